The summed E-state index contributed by atoms with van der Waals surface area (Å²) in [5.74, 6) is 0. The van der Waals surface area contributed by atoms with Crippen molar-refractivity contribution in [1.82, 2.24) is 0 Å². The molecular weight excluding hydrogens is 134 g/mol. The van der Waals surface area contributed by atoms with Gasteiger partial charge in [0.05, 0.1) is 6.07 Å². The Morgan fingerprint density at radius 1 is 1.27 bits per heavy atom. The molecule has 0 saturated heterocycles. The molecule has 1 aliphatic rings. The minimum atomic E-state index is 0.903. The molecule has 0 aromatic rings. The molecule has 0 aromatic heterocycles. The van der Waals surface area contributed by atoms with E-state index in [1.165, 1.54) is 5.57 Å². The van der Waals surface area contributed by atoms with E-state index in [0.29, 0.717) is 0 Å². The molecule has 1 rings (SSSR count). The first kappa shape index (κ1) is 9.97. The van der Waals surface area contributed by atoms with E-state index >= 15 is 0 Å². The summed E-state index contributed by atoms with van der Waals surface area (Å²) in [4.78, 5) is 0. The van der Waals surface area contributed by atoms with E-state index in [0.717, 1.165) is 18.4 Å². The summed E-state index contributed by atoms with van der Waals surface area (Å²) in [6.45, 7) is 6.09. The predicted octanol–water partition coefficient (Wildman–Crippen LogP) is 3.20. The van der Waals surface area contributed by atoms with Gasteiger partial charge < -0.3 is 0 Å². The van der Waals surface area contributed by atoms with Gasteiger partial charge in [0.15, 0.2) is 0 Å². The summed E-state index contributed by atoms with van der Waals surface area (Å²) in [6.07, 6.45) is 5.90. The molecule has 1 aliphatic carbocycles. The molecule has 0 spiro atoms. The van der Waals surface area contributed by atoms with Gasteiger partial charge in [0.2, 0.25) is 0 Å². The van der Waals surface area contributed by atoms with Crippen LogP contribution in [0.1, 0.15) is 33.6 Å². The molecule has 11 heavy (non-hydrogen) atoms. The second-order valence-corrected chi connectivity index (χ2v) is 2.32. The Bertz CT molecular complexity index is 203. The Balaban J connectivity index is 0.000000461. The highest BCUT2D eigenvalue weighted by Gasteiger charge is 1.99. The molecule has 0 saturated carbocycles. The Labute approximate surface area is 69.0 Å². The van der Waals surface area contributed by atoms with E-state index in [2.05, 4.69) is 13.0 Å². The van der Waals surface area contributed by atoms with Gasteiger partial charge in [0.1, 0.15) is 0 Å². The molecule has 0 bridgehead atoms. The minimum absolute atomic E-state index is 0.903. The molecule has 1 heteroatoms. The van der Waals surface area contributed by atoms with Gasteiger partial charge in [0.25, 0.3) is 0 Å². The molecule has 0 atom stereocenters. The Morgan fingerprint density at radius 3 is 2.27 bits per heavy atom. The van der Waals surface area contributed by atoms with Crippen molar-refractivity contribution in [2.45, 2.75) is 33.6 Å². The highest BCUT2D eigenvalue weighted by molar-refractivity contribution is 5.31. The molecule has 0 radical (unpaired) electrons. The molecule has 0 aromatic carbocycles. The summed E-state index contributed by atoms with van der Waals surface area (Å²) in [7, 11) is 0. The van der Waals surface area contributed by atoms with Crippen LogP contribution in [0.25, 0.3) is 0 Å². The first-order valence-corrected chi connectivity index (χ1v) is 4.09. The highest BCUT2D eigenvalue weighted by atomic mass is 14.2. The molecule has 60 valence electrons. The van der Waals surface area contributed by atoms with Crippen LogP contribution in [0.15, 0.2) is 23.3 Å². The maximum absolute atomic E-state index is 8.43. The lowest BCUT2D eigenvalue weighted by Crippen LogP contribution is -1.87. The van der Waals surface area contributed by atoms with E-state index in [4.69, 9.17) is 5.26 Å². The second-order valence-electron chi connectivity index (χ2n) is 2.32. The van der Waals surface area contributed by atoms with Crippen LogP contribution in [0.5, 0.6) is 0 Å². The summed E-state index contributed by atoms with van der Waals surface area (Å²) >= 11 is 0. The van der Waals surface area contributed by atoms with Gasteiger partial charge in [0, 0.05) is 5.57 Å². The van der Waals surface area contributed by atoms with Crippen molar-refractivity contribution >= 4 is 0 Å². The second kappa shape index (κ2) is 5.73. The van der Waals surface area contributed by atoms with Crippen molar-refractivity contribution < 1.29 is 0 Å². The van der Waals surface area contributed by atoms with Crippen molar-refractivity contribution in [1.29, 1.82) is 5.26 Å². The Hall–Kier alpha value is -1.03. The number of hydrogen-bond acceptors (Lipinski definition) is 1. The summed E-state index contributed by atoms with van der Waals surface area (Å²) in [5.41, 5.74) is 2.27. The van der Waals surface area contributed by atoms with Gasteiger partial charge in [-0.05, 0) is 25.8 Å². The molecule has 0 fully saturated rings. The number of hydrogen-bond donors (Lipinski definition) is 0. The third kappa shape index (κ3) is 3.62. The van der Waals surface area contributed by atoms with Crippen molar-refractivity contribution in [2.24, 2.45) is 0 Å². The normalized spacial score (nSPS) is 15.1. The van der Waals surface area contributed by atoms with E-state index in [-0.39, 0.29) is 0 Å². The van der Waals surface area contributed by atoms with Crippen LogP contribution in [0, 0.1) is 11.3 Å². The Morgan fingerprint density at radius 2 is 1.91 bits per heavy atom. The molecule has 0 aliphatic heterocycles. The topological polar surface area (TPSA) is 23.8 Å². The molecule has 0 N–H and O–H groups in total. The van der Waals surface area contributed by atoms with E-state index in [9.17, 15) is 0 Å². The first-order chi connectivity index (χ1) is 5.33. The van der Waals surface area contributed by atoms with Gasteiger partial charge in [-0.1, -0.05) is 25.5 Å². The zero-order valence-corrected chi connectivity index (χ0v) is 7.52. The highest BCUT2D eigenvalue weighted by Crippen LogP contribution is 2.16. The van der Waals surface area contributed by atoms with E-state index in [1.54, 1.807) is 0 Å². The lowest BCUT2D eigenvalue weighted by atomic mass is 10.0. The number of allylic oxidation sites excluding steroid dienone is 4. The average molecular weight is 149 g/mol. The van der Waals surface area contributed by atoms with Gasteiger partial charge in [-0.25, -0.2) is 0 Å². The monoisotopic (exact) mass is 149 g/mol. The van der Waals surface area contributed by atoms with Crippen LogP contribution >= 0.6 is 0 Å². The SMILES string of the molecule is CC.CC1=CC=C(C#N)CC1. The summed E-state index contributed by atoms with van der Waals surface area (Å²) in [6, 6.07) is 2.14. The number of rotatable bonds is 0. The third-order valence-electron chi connectivity index (χ3n) is 1.50. The summed E-state index contributed by atoms with van der Waals surface area (Å²) < 4.78 is 0. The van der Waals surface area contributed by atoms with E-state index < -0.39 is 0 Å². The third-order valence-corrected chi connectivity index (χ3v) is 1.50. The van der Waals surface area contributed by atoms with Crippen LogP contribution in [-0.2, 0) is 0 Å². The predicted molar refractivity (Wildman–Crippen MR) is 48.0 cm³/mol. The van der Waals surface area contributed by atoms with Gasteiger partial charge in [-0.3, -0.25) is 0 Å². The van der Waals surface area contributed by atoms with E-state index in [1.807, 2.05) is 26.0 Å². The van der Waals surface area contributed by atoms with Crippen LogP contribution < -0.4 is 0 Å². The lowest BCUT2D eigenvalue weighted by Gasteiger charge is -2.03. The first-order valence-electron chi connectivity index (χ1n) is 4.09. The molecule has 0 unspecified atom stereocenters. The van der Waals surface area contributed by atoms with Crippen molar-refractivity contribution in [3.8, 4) is 6.07 Å². The smallest absolute Gasteiger partial charge is 0.0947 e. The fraction of sp³-hybridized carbons (Fsp3) is 0.500. The van der Waals surface area contributed by atoms with Crippen molar-refractivity contribution in [2.75, 3.05) is 0 Å². The maximum atomic E-state index is 8.43. The largest absolute Gasteiger partial charge is 0.193 e. The summed E-state index contributed by atoms with van der Waals surface area (Å²) in [5, 5.41) is 8.43. The van der Waals surface area contributed by atoms with Crippen molar-refractivity contribution in [3.63, 3.8) is 0 Å². The number of nitrogens with zero attached hydrogens (tertiary/aromatic N) is 1. The van der Waals surface area contributed by atoms with Gasteiger partial charge in [-0.15, -0.1) is 0 Å². The zero-order valence-electron chi connectivity index (χ0n) is 7.52. The van der Waals surface area contributed by atoms with Crippen LogP contribution in [0.2, 0.25) is 0 Å². The molecule has 0 heterocycles. The quantitative estimate of drug-likeness (QED) is 0.519. The number of nitriles is 1. The maximum Gasteiger partial charge on any atom is 0.0947 e. The Kier molecular flexibility index (Phi) is 5.20. The van der Waals surface area contributed by atoms with Gasteiger partial charge >= 0.3 is 0 Å². The van der Waals surface area contributed by atoms with Crippen LogP contribution in [0.4, 0.5) is 0 Å². The molecule has 0 amide bonds. The zero-order chi connectivity index (χ0) is 8.69. The molecular formula is C10H15N. The minimum Gasteiger partial charge on any atom is -0.193 e. The van der Waals surface area contributed by atoms with Crippen LogP contribution in [0.3, 0.4) is 0 Å². The van der Waals surface area contributed by atoms with Gasteiger partial charge in [-0.2, -0.15) is 5.26 Å². The lowest BCUT2D eigenvalue weighted by molar-refractivity contribution is 0.930. The average Bonchev–Trinajstić information content (AvgIpc) is 2.10. The van der Waals surface area contributed by atoms with Crippen LogP contribution in [-0.4, -0.2) is 0 Å². The fourth-order valence-corrected chi connectivity index (χ4v) is 0.835. The van der Waals surface area contributed by atoms with Crippen molar-refractivity contribution in [3.05, 3.63) is 23.3 Å². The standard InChI is InChI=1S/C8H9N.C2H6/c1-7-2-4-8(6-9)5-3-7;1-2/h2,4H,3,5H2,1H3;1-2H3. The molecule has 1 nitrogen and oxygen atoms in total. The fourth-order valence-electron chi connectivity index (χ4n) is 0.835.